The van der Waals surface area contributed by atoms with Crippen molar-refractivity contribution in [2.75, 3.05) is 11.9 Å². The van der Waals surface area contributed by atoms with E-state index in [4.69, 9.17) is 27.9 Å². The number of ether oxygens (including phenoxy) is 1. The molecule has 130 valence electrons. The fraction of sp³-hybridized carbons (Fsp3) is 0.125. The highest BCUT2D eigenvalue weighted by Gasteiger charge is 2.16. The molecule has 0 radical (unpaired) electrons. The Hall–Kier alpha value is -2.64. The van der Waals surface area contributed by atoms with E-state index in [1.807, 2.05) is 0 Å². The van der Waals surface area contributed by atoms with Crippen LogP contribution in [0.4, 0.5) is 11.4 Å². The summed E-state index contributed by atoms with van der Waals surface area (Å²) in [5, 5.41) is 13.7. The van der Waals surface area contributed by atoms with Gasteiger partial charge in [-0.05, 0) is 31.2 Å². The minimum absolute atomic E-state index is 0.103. The van der Waals surface area contributed by atoms with Crippen molar-refractivity contribution < 1.29 is 19.2 Å². The fourth-order valence-electron chi connectivity index (χ4n) is 1.99. The van der Waals surface area contributed by atoms with Crippen molar-refractivity contribution in [3.05, 3.63) is 67.7 Å². The number of halogens is 2. The quantitative estimate of drug-likeness (QED) is 0.478. The maximum absolute atomic E-state index is 11.9. The van der Waals surface area contributed by atoms with Gasteiger partial charge in [0.25, 0.3) is 11.6 Å². The molecule has 0 atom stereocenters. The molecule has 0 saturated heterocycles. The largest absolute Gasteiger partial charge is 0.452 e. The van der Waals surface area contributed by atoms with Gasteiger partial charge in [0.2, 0.25) is 0 Å². The van der Waals surface area contributed by atoms with E-state index in [0.29, 0.717) is 5.56 Å². The predicted molar refractivity (Wildman–Crippen MR) is 93.2 cm³/mol. The molecule has 2 aromatic rings. The summed E-state index contributed by atoms with van der Waals surface area (Å²) in [6.07, 6.45) is 0. The molecular formula is C16H12Cl2N2O5. The number of rotatable bonds is 5. The Balaban J connectivity index is 1.99. The van der Waals surface area contributed by atoms with E-state index in [9.17, 15) is 19.7 Å². The lowest BCUT2D eigenvalue weighted by Gasteiger charge is -2.09. The van der Waals surface area contributed by atoms with Crippen LogP contribution in [0.25, 0.3) is 0 Å². The summed E-state index contributed by atoms with van der Waals surface area (Å²) in [6, 6.07) is 8.51. The van der Waals surface area contributed by atoms with E-state index in [1.165, 1.54) is 25.1 Å². The number of aryl methyl sites for hydroxylation is 1. The number of hydrogen-bond acceptors (Lipinski definition) is 5. The first-order valence-electron chi connectivity index (χ1n) is 6.95. The number of nitro benzene ring substituents is 1. The molecule has 2 rings (SSSR count). The highest BCUT2D eigenvalue weighted by molar-refractivity contribution is 6.39. The second-order valence-electron chi connectivity index (χ2n) is 4.98. The maximum Gasteiger partial charge on any atom is 0.338 e. The number of amides is 1. The summed E-state index contributed by atoms with van der Waals surface area (Å²) in [5.74, 6) is -1.40. The van der Waals surface area contributed by atoms with Gasteiger partial charge in [-0.25, -0.2) is 4.79 Å². The second-order valence-corrected chi connectivity index (χ2v) is 5.79. The Labute approximate surface area is 152 Å². The molecule has 0 aliphatic heterocycles. The van der Waals surface area contributed by atoms with Gasteiger partial charge in [0.15, 0.2) is 6.61 Å². The Kier molecular flexibility index (Phi) is 5.95. The van der Waals surface area contributed by atoms with Gasteiger partial charge in [0, 0.05) is 11.6 Å². The van der Waals surface area contributed by atoms with E-state index in [2.05, 4.69) is 5.32 Å². The zero-order chi connectivity index (χ0) is 18.6. The second kappa shape index (κ2) is 7.96. The number of nitrogens with zero attached hydrogens (tertiary/aromatic N) is 1. The Morgan fingerprint density at radius 2 is 1.84 bits per heavy atom. The third-order valence-electron chi connectivity index (χ3n) is 3.19. The lowest BCUT2D eigenvalue weighted by atomic mass is 10.1. The molecule has 0 aliphatic carbocycles. The monoisotopic (exact) mass is 382 g/mol. The van der Waals surface area contributed by atoms with Crippen molar-refractivity contribution in [3.8, 4) is 0 Å². The molecule has 0 saturated carbocycles. The first-order chi connectivity index (χ1) is 11.8. The average Bonchev–Trinajstić information content (AvgIpc) is 2.55. The lowest BCUT2D eigenvalue weighted by molar-refractivity contribution is -0.385. The molecule has 0 aliphatic rings. The van der Waals surface area contributed by atoms with Gasteiger partial charge in [0.1, 0.15) is 0 Å². The van der Waals surface area contributed by atoms with Crippen molar-refractivity contribution in [1.82, 2.24) is 0 Å². The number of hydrogen-bond donors (Lipinski definition) is 1. The zero-order valence-electron chi connectivity index (χ0n) is 12.9. The summed E-state index contributed by atoms with van der Waals surface area (Å²) in [5.41, 5.74) is 0.527. The van der Waals surface area contributed by atoms with Crippen LogP contribution in [0.1, 0.15) is 15.9 Å². The van der Waals surface area contributed by atoms with Gasteiger partial charge >= 0.3 is 5.97 Å². The van der Waals surface area contributed by atoms with E-state index in [0.717, 1.165) is 0 Å². The number of nitro groups is 1. The van der Waals surface area contributed by atoms with Crippen LogP contribution in [0, 0.1) is 17.0 Å². The minimum Gasteiger partial charge on any atom is -0.452 e. The van der Waals surface area contributed by atoms with Crippen LogP contribution in [0.3, 0.4) is 0 Å². The van der Waals surface area contributed by atoms with Crippen molar-refractivity contribution in [3.63, 3.8) is 0 Å². The highest BCUT2D eigenvalue weighted by Crippen LogP contribution is 2.29. The van der Waals surface area contributed by atoms with Crippen LogP contribution in [0.2, 0.25) is 10.0 Å². The number of esters is 1. The van der Waals surface area contributed by atoms with Gasteiger partial charge in [-0.15, -0.1) is 0 Å². The molecule has 25 heavy (non-hydrogen) atoms. The number of anilines is 1. The molecule has 9 heteroatoms. The SMILES string of the molecule is Cc1cc(C(=O)OCC(=O)Nc2c(Cl)cccc2Cl)ccc1[N+](=O)[O-]. The molecule has 0 bridgehead atoms. The van der Waals surface area contributed by atoms with Gasteiger partial charge in [0.05, 0.1) is 26.2 Å². The van der Waals surface area contributed by atoms with Crippen molar-refractivity contribution in [2.45, 2.75) is 6.92 Å². The van der Waals surface area contributed by atoms with Crippen molar-refractivity contribution in [2.24, 2.45) is 0 Å². The van der Waals surface area contributed by atoms with E-state index >= 15 is 0 Å². The third-order valence-corrected chi connectivity index (χ3v) is 3.82. The molecule has 0 aromatic heterocycles. The Morgan fingerprint density at radius 1 is 1.20 bits per heavy atom. The predicted octanol–water partition coefficient (Wildman–Crippen LogP) is 4.01. The first-order valence-corrected chi connectivity index (χ1v) is 7.71. The van der Waals surface area contributed by atoms with Crippen LogP contribution >= 0.6 is 23.2 Å². The van der Waals surface area contributed by atoms with Crippen LogP contribution in [-0.2, 0) is 9.53 Å². The molecule has 1 N–H and O–H groups in total. The first kappa shape index (κ1) is 18.7. The van der Waals surface area contributed by atoms with E-state index in [1.54, 1.807) is 18.2 Å². The smallest absolute Gasteiger partial charge is 0.338 e. The Morgan fingerprint density at radius 3 is 2.40 bits per heavy atom. The molecule has 1 amide bonds. The van der Waals surface area contributed by atoms with Gasteiger partial charge < -0.3 is 10.1 Å². The topological polar surface area (TPSA) is 98.5 Å². The van der Waals surface area contributed by atoms with Crippen molar-refractivity contribution in [1.29, 1.82) is 0 Å². The molecular weight excluding hydrogens is 371 g/mol. The van der Waals surface area contributed by atoms with Crippen LogP contribution in [0.15, 0.2) is 36.4 Å². The standard InChI is InChI=1S/C16H12Cl2N2O5/c1-9-7-10(5-6-13(9)20(23)24)16(22)25-8-14(21)19-15-11(17)3-2-4-12(15)18/h2-7H,8H2,1H3,(H,19,21). The number of carbonyl (C=O) groups is 2. The maximum atomic E-state index is 11.9. The molecule has 2 aromatic carbocycles. The fourth-order valence-corrected chi connectivity index (χ4v) is 2.49. The molecule has 0 fully saturated rings. The summed E-state index contributed by atoms with van der Waals surface area (Å²) >= 11 is 11.9. The van der Waals surface area contributed by atoms with Gasteiger partial charge in [-0.2, -0.15) is 0 Å². The zero-order valence-corrected chi connectivity index (χ0v) is 14.4. The summed E-state index contributed by atoms with van der Waals surface area (Å²) < 4.78 is 4.89. The highest BCUT2D eigenvalue weighted by atomic mass is 35.5. The Bertz CT molecular complexity index is 834. The lowest BCUT2D eigenvalue weighted by Crippen LogP contribution is -2.21. The van der Waals surface area contributed by atoms with Gasteiger partial charge in [-0.1, -0.05) is 29.3 Å². The normalized spacial score (nSPS) is 10.2. The van der Waals surface area contributed by atoms with Gasteiger partial charge in [-0.3, -0.25) is 14.9 Å². The van der Waals surface area contributed by atoms with Crippen LogP contribution in [0.5, 0.6) is 0 Å². The van der Waals surface area contributed by atoms with E-state index in [-0.39, 0.29) is 27.0 Å². The molecule has 0 heterocycles. The minimum atomic E-state index is -0.779. The number of carbonyl (C=O) groups excluding carboxylic acids is 2. The number of nitrogens with one attached hydrogen (secondary N) is 1. The number of para-hydroxylation sites is 1. The third kappa shape index (κ3) is 4.68. The molecule has 0 spiro atoms. The van der Waals surface area contributed by atoms with Crippen LogP contribution < -0.4 is 5.32 Å². The van der Waals surface area contributed by atoms with Crippen LogP contribution in [-0.4, -0.2) is 23.4 Å². The number of benzene rings is 2. The summed E-state index contributed by atoms with van der Waals surface area (Å²) in [7, 11) is 0. The molecule has 7 nitrogen and oxygen atoms in total. The molecule has 0 unspecified atom stereocenters. The van der Waals surface area contributed by atoms with Crippen molar-refractivity contribution >= 4 is 46.5 Å². The average molecular weight is 383 g/mol. The summed E-state index contributed by atoms with van der Waals surface area (Å²) in [6.45, 7) is 0.942. The summed E-state index contributed by atoms with van der Waals surface area (Å²) in [4.78, 5) is 34.0. The van der Waals surface area contributed by atoms with E-state index < -0.39 is 23.4 Å².